The number of aromatic nitrogens is 3. The van der Waals surface area contributed by atoms with Crippen LogP contribution in [0.1, 0.15) is 27.4 Å². The second-order valence-corrected chi connectivity index (χ2v) is 6.05. The van der Waals surface area contributed by atoms with E-state index in [1.165, 1.54) is 19.9 Å². The van der Waals surface area contributed by atoms with Crippen LogP contribution >= 0.6 is 0 Å². The number of rotatable bonds is 4. The summed E-state index contributed by atoms with van der Waals surface area (Å²) in [4.78, 5) is 13.5. The van der Waals surface area contributed by atoms with Crippen LogP contribution in [-0.4, -0.2) is 34.7 Å². The van der Waals surface area contributed by atoms with Gasteiger partial charge in [-0.3, -0.25) is 9.82 Å². The predicted molar refractivity (Wildman–Crippen MR) is 71.4 cm³/mol. The summed E-state index contributed by atoms with van der Waals surface area (Å²) in [5.74, 6) is -1.05. The number of carbonyl (C=O) groups is 1. The fraction of sp³-hybridized carbons (Fsp3) is 0.273. The van der Waals surface area contributed by atoms with Gasteiger partial charge in [0.25, 0.3) is 10.0 Å². The maximum atomic E-state index is 12.3. The summed E-state index contributed by atoms with van der Waals surface area (Å²) < 4.78 is 26.9. The molecule has 0 aromatic carbocycles. The standard InChI is InChI=1S/C11H14N4O4S/c1-5-4-8(14-13-5)15-20(18,19)10-6(2)9(11(16)17)12-7(10)3/h4,12H,1-3H3,(H,16,17)(H2,13,14,15). The molecule has 0 aliphatic carbocycles. The summed E-state index contributed by atoms with van der Waals surface area (Å²) in [5, 5.41) is 15.4. The van der Waals surface area contributed by atoms with Crippen LogP contribution in [0, 0.1) is 20.8 Å². The van der Waals surface area contributed by atoms with Gasteiger partial charge < -0.3 is 10.1 Å². The van der Waals surface area contributed by atoms with Gasteiger partial charge >= 0.3 is 5.97 Å². The number of hydrogen-bond donors (Lipinski definition) is 4. The second kappa shape index (κ2) is 4.67. The van der Waals surface area contributed by atoms with Crippen LogP contribution in [0.15, 0.2) is 11.0 Å². The Morgan fingerprint density at radius 3 is 2.45 bits per heavy atom. The van der Waals surface area contributed by atoms with Crippen LogP contribution < -0.4 is 4.72 Å². The minimum atomic E-state index is -3.90. The van der Waals surface area contributed by atoms with Gasteiger partial charge in [-0.1, -0.05) is 0 Å². The molecule has 20 heavy (non-hydrogen) atoms. The van der Waals surface area contributed by atoms with Gasteiger partial charge in [-0.15, -0.1) is 0 Å². The normalized spacial score (nSPS) is 11.6. The average Bonchev–Trinajstić information content (AvgIpc) is 2.82. The van der Waals surface area contributed by atoms with E-state index in [1.54, 1.807) is 6.92 Å². The smallest absolute Gasteiger partial charge is 0.352 e. The zero-order valence-electron chi connectivity index (χ0n) is 11.1. The number of sulfonamides is 1. The fourth-order valence-electron chi connectivity index (χ4n) is 2.01. The van der Waals surface area contributed by atoms with E-state index in [2.05, 4.69) is 19.9 Å². The van der Waals surface area contributed by atoms with Gasteiger partial charge in [0.1, 0.15) is 10.6 Å². The van der Waals surface area contributed by atoms with E-state index in [0.717, 1.165) is 0 Å². The first-order chi connectivity index (χ1) is 9.22. The van der Waals surface area contributed by atoms with Gasteiger partial charge in [0.2, 0.25) is 0 Å². The molecule has 0 spiro atoms. The molecule has 0 amide bonds. The first-order valence-electron chi connectivity index (χ1n) is 5.69. The number of nitrogens with zero attached hydrogens (tertiary/aromatic N) is 1. The van der Waals surface area contributed by atoms with Crippen molar-refractivity contribution in [1.82, 2.24) is 15.2 Å². The molecule has 0 bridgehead atoms. The van der Waals surface area contributed by atoms with Crippen molar-refractivity contribution in [2.45, 2.75) is 25.7 Å². The summed E-state index contributed by atoms with van der Waals surface area (Å²) in [6.45, 7) is 4.68. The van der Waals surface area contributed by atoms with E-state index < -0.39 is 16.0 Å². The molecule has 2 rings (SSSR count). The molecular weight excluding hydrogens is 284 g/mol. The molecule has 0 saturated heterocycles. The number of aromatic amines is 2. The van der Waals surface area contributed by atoms with Gasteiger partial charge in [0.05, 0.1) is 0 Å². The zero-order chi connectivity index (χ0) is 15.1. The highest BCUT2D eigenvalue weighted by molar-refractivity contribution is 7.92. The van der Waals surface area contributed by atoms with Crippen LogP contribution in [-0.2, 0) is 10.0 Å². The number of H-pyrrole nitrogens is 2. The summed E-state index contributed by atoms with van der Waals surface area (Å²) in [6, 6.07) is 1.53. The lowest BCUT2D eigenvalue weighted by atomic mass is 10.2. The molecule has 0 aliphatic heterocycles. The largest absolute Gasteiger partial charge is 0.477 e. The van der Waals surface area contributed by atoms with Gasteiger partial charge in [-0.25, -0.2) is 13.2 Å². The maximum absolute atomic E-state index is 12.3. The molecule has 0 radical (unpaired) electrons. The molecule has 0 saturated carbocycles. The molecule has 0 aliphatic rings. The molecule has 2 aromatic heterocycles. The molecule has 108 valence electrons. The number of anilines is 1. The SMILES string of the molecule is Cc1cc(NS(=O)(=O)c2c(C)[nH]c(C(=O)O)c2C)n[nH]1. The Bertz CT molecular complexity index is 772. The summed E-state index contributed by atoms with van der Waals surface area (Å²) in [7, 11) is -3.90. The number of aromatic carboxylic acids is 1. The third-order valence-electron chi connectivity index (χ3n) is 2.80. The quantitative estimate of drug-likeness (QED) is 0.673. The highest BCUT2D eigenvalue weighted by Gasteiger charge is 2.26. The predicted octanol–water partition coefficient (Wildman–Crippen LogP) is 1.16. The first kappa shape index (κ1) is 14.1. The molecule has 2 aromatic rings. The first-order valence-corrected chi connectivity index (χ1v) is 7.18. The van der Waals surface area contributed by atoms with Crippen LogP contribution in [0.4, 0.5) is 5.82 Å². The van der Waals surface area contributed by atoms with E-state index in [1.807, 2.05) is 0 Å². The minimum absolute atomic E-state index is 0.0736. The molecule has 8 nitrogen and oxygen atoms in total. The maximum Gasteiger partial charge on any atom is 0.352 e. The average molecular weight is 298 g/mol. The van der Waals surface area contributed by atoms with E-state index in [-0.39, 0.29) is 27.7 Å². The highest BCUT2D eigenvalue weighted by Crippen LogP contribution is 2.25. The summed E-state index contributed by atoms with van der Waals surface area (Å²) in [5.41, 5.74) is 0.993. The Hall–Kier alpha value is -2.29. The number of carboxylic acid groups (broad SMARTS) is 1. The van der Waals surface area contributed by atoms with Gasteiger partial charge in [0.15, 0.2) is 5.82 Å². The Morgan fingerprint density at radius 1 is 1.35 bits per heavy atom. The molecule has 2 heterocycles. The van der Waals surface area contributed by atoms with Crippen LogP contribution in [0.25, 0.3) is 0 Å². The van der Waals surface area contributed by atoms with Crippen LogP contribution in [0.3, 0.4) is 0 Å². The Kier molecular flexibility index (Phi) is 3.30. The molecule has 0 fully saturated rings. The lowest BCUT2D eigenvalue weighted by molar-refractivity contribution is 0.0690. The Morgan fingerprint density at radius 2 is 2.00 bits per heavy atom. The Balaban J connectivity index is 2.47. The van der Waals surface area contributed by atoms with E-state index in [0.29, 0.717) is 5.69 Å². The molecule has 0 unspecified atom stereocenters. The molecular formula is C11H14N4O4S. The number of carboxylic acids is 1. The minimum Gasteiger partial charge on any atom is -0.477 e. The summed E-state index contributed by atoms with van der Waals surface area (Å²) >= 11 is 0. The van der Waals surface area contributed by atoms with Gasteiger partial charge in [0, 0.05) is 23.0 Å². The number of hydrogen-bond acceptors (Lipinski definition) is 4. The molecule has 0 atom stereocenters. The topological polar surface area (TPSA) is 128 Å². The van der Waals surface area contributed by atoms with Crippen molar-refractivity contribution < 1.29 is 18.3 Å². The van der Waals surface area contributed by atoms with Crippen LogP contribution in [0.2, 0.25) is 0 Å². The van der Waals surface area contributed by atoms with E-state index in [9.17, 15) is 13.2 Å². The van der Waals surface area contributed by atoms with Crippen LogP contribution in [0.5, 0.6) is 0 Å². The highest BCUT2D eigenvalue weighted by atomic mass is 32.2. The van der Waals surface area contributed by atoms with E-state index >= 15 is 0 Å². The second-order valence-electron chi connectivity index (χ2n) is 4.43. The third kappa shape index (κ3) is 2.39. The van der Waals surface area contributed by atoms with Crippen molar-refractivity contribution in [3.8, 4) is 0 Å². The van der Waals surface area contributed by atoms with Crippen molar-refractivity contribution in [1.29, 1.82) is 0 Å². The van der Waals surface area contributed by atoms with Crippen molar-refractivity contribution in [3.63, 3.8) is 0 Å². The molecule has 4 N–H and O–H groups in total. The van der Waals surface area contributed by atoms with Crippen molar-refractivity contribution in [2.75, 3.05) is 4.72 Å². The summed E-state index contributed by atoms with van der Waals surface area (Å²) in [6.07, 6.45) is 0. The van der Waals surface area contributed by atoms with Crippen molar-refractivity contribution >= 4 is 21.8 Å². The lowest BCUT2D eigenvalue weighted by Gasteiger charge is -2.06. The third-order valence-corrected chi connectivity index (χ3v) is 4.42. The van der Waals surface area contributed by atoms with E-state index in [4.69, 9.17) is 5.11 Å². The van der Waals surface area contributed by atoms with Gasteiger partial charge in [-0.05, 0) is 20.8 Å². The Labute approximate surface area is 115 Å². The van der Waals surface area contributed by atoms with Crippen molar-refractivity contribution in [2.24, 2.45) is 0 Å². The number of nitrogens with one attached hydrogen (secondary N) is 3. The van der Waals surface area contributed by atoms with Crippen molar-refractivity contribution in [3.05, 3.63) is 28.7 Å². The zero-order valence-corrected chi connectivity index (χ0v) is 11.9. The molecule has 9 heteroatoms. The monoisotopic (exact) mass is 298 g/mol. The lowest BCUT2D eigenvalue weighted by Crippen LogP contribution is -2.15. The number of aryl methyl sites for hydroxylation is 2. The van der Waals surface area contributed by atoms with Gasteiger partial charge in [-0.2, -0.15) is 5.10 Å². The fourth-order valence-corrected chi connectivity index (χ4v) is 3.45.